The molecule has 0 radical (unpaired) electrons. The molecule has 17 heavy (non-hydrogen) atoms. The Labute approximate surface area is 107 Å². The van der Waals surface area contributed by atoms with Gasteiger partial charge < -0.3 is 10.5 Å². The van der Waals surface area contributed by atoms with Crippen LogP contribution in [-0.2, 0) is 9.84 Å². The number of anilines is 1. The first-order valence-electron chi connectivity index (χ1n) is 5.33. The molecule has 0 aliphatic rings. The van der Waals surface area contributed by atoms with Gasteiger partial charge in [-0.15, -0.1) is 0 Å². The van der Waals surface area contributed by atoms with Crippen LogP contribution >= 0.6 is 11.6 Å². The van der Waals surface area contributed by atoms with E-state index in [1.54, 1.807) is 25.1 Å². The third kappa shape index (κ3) is 4.83. The zero-order valence-electron chi connectivity index (χ0n) is 9.65. The molecule has 1 aromatic carbocycles. The Morgan fingerprint density at radius 3 is 2.76 bits per heavy atom. The van der Waals surface area contributed by atoms with Gasteiger partial charge in [-0.1, -0.05) is 18.5 Å². The highest BCUT2D eigenvalue weighted by Gasteiger charge is 2.07. The Kier molecular flexibility index (Phi) is 5.08. The van der Waals surface area contributed by atoms with Gasteiger partial charge in [-0.3, -0.25) is 0 Å². The largest absolute Gasteiger partial charge is 0.491 e. The van der Waals surface area contributed by atoms with Crippen LogP contribution in [0.25, 0.3) is 0 Å². The lowest BCUT2D eigenvalue weighted by atomic mass is 10.3. The highest BCUT2D eigenvalue weighted by molar-refractivity contribution is 7.91. The van der Waals surface area contributed by atoms with Crippen LogP contribution in [0.5, 0.6) is 5.75 Å². The standard InChI is InChI=1S/C11H16ClNO3S/c1-2-17(14,15)7-3-6-16-11-8-9(12)4-5-10(11)13/h4-5,8H,2-3,6-7,13H2,1H3. The van der Waals surface area contributed by atoms with Gasteiger partial charge in [-0.2, -0.15) is 0 Å². The van der Waals surface area contributed by atoms with Crippen molar-refractivity contribution in [2.45, 2.75) is 13.3 Å². The van der Waals surface area contributed by atoms with Crippen molar-refractivity contribution < 1.29 is 13.2 Å². The summed E-state index contributed by atoms with van der Waals surface area (Å²) in [6, 6.07) is 4.94. The minimum Gasteiger partial charge on any atom is -0.491 e. The molecule has 0 atom stereocenters. The molecule has 0 aliphatic carbocycles. The van der Waals surface area contributed by atoms with Crippen LogP contribution in [0.3, 0.4) is 0 Å². The summed E-state index contributed by atoms with van der Waals surface area (Å²) in [4.78, 5) is 0. The highest BCUT2D eigenvalue weighted by atomic mass is 35.5. The fourth-order valence-electron chi connectivity index (χ4n) is 1.24. The predicted octanol–water partition coefficient (Wildman–Crippen LogP) is 2.13. The number of ether oxygens (including phenoxy) is 1. The molecule has 2 N–H and O–H groups in total. The number of hydrogen-bond donors (Lipinski definition) is 1. The van der Waals surface area contributed by atoms with Gasteiger partial charge in [0.25, 0.3) is 0 Å². The maximum Gasteiger partial charge on any atom is 0.150 e. The highest BCUT2D eigenvalue weighted by Crippen LogP contribution is 2.25. The molecular formula is C11H16ClNO3S. The zero-order valence-corrected chi connectivity index (χ0v) is 11.2. The van der Waals surface area contributed by atoms with Gasteiger partial charge in [0.15, 0.2) is 0 Å². The topological polar surface area (TPSA) is 69.4 Å². The van der Waals surface area contributed by atoms with E-state index in [4.69, 9.17) is 22.1 Å². The molecule has 6 heteroatoms. The van der Waals surface area contributed by atoms with Crippen molar-refractivity contribution in [3.05, 3.63) is 23.2 Å². The third-order valence-corrected chi connectivity index (χ3v) is 4.30. The maximum atomic E-state index is 11.2. The fourth-order valence-corrected chi connectivity index (χ4v) is 2.25. The summed E-state index contributed by atoms with van der Waals surface area (Å²) in [6.45, 7) is 1.94. The second kappa shape index (κ2) is 6.12. The molecule has 1 rings (SSSR count). The second-order valence-electron chi connectivity index (χ2n) is 3.62. The van der Waals surface area contributed by atoms with Gasteiger partial charge in [0, 0.05) is 16.8 Å². The SMILES string of the molecule is CCS(=O)(=O)CCCOc1cc(Cl)ccc1N. The Bertz CT molecular complexity index is 474. The van der Waals surface area contributed by atoms with E-state index in [2.05, 4.69) is 0 Å². The average Bonchev–Trinajstić information content (AvgIpc) is 2.29. The van der Waals surface area contributed by atoms with Gasteiger partial charge in [-0.25, -0.2) is 8.42 Å². The smallest absolute Gasteiger partial charge is 0.150 e. The lowest BCUT2D eigenvalue weighted by Crippen LogP contribution is -2.12. The average molecular weight is 278 g/mol. The number of nitrogens with two attached hydrogens (primary N) is 1. The Morgan fingerprint density at radius 2 is 2.12 bits per heavy atom. The molecule has 96 valence electrons. The van der Waals surface area contributed by atoms with Crippen LogP contribution in [0.15, 0.2) is 18.2 Å². The normalized spacial score (nSPS) is 11.4. The first-order valence-corrected chi connectivity index (χ1v) is 7.53. The van der Waals surface area contributed by atoms with Gasteiger partial charge in [0.2, 0.25) is 0 Å². The van der Waals surface area contributed by atoms with Crippen LogP contribution < -0.4 is 10.5 Å². The minimum absolute atomic E-state index is 0.129. The van der Waals surface area contributed by atoms with Crippen molar-refractivity contribution in [2.75, 3.05) is 23.8 Å². The Morgan fingerprint density at radius 1 is 1.41 bits per heavy atom. The van der Waals surface area contributed by atoms with Crippen molar-refractivity contribution in [1.29, 1.82) is 0 Å². The summed E-state index contributed by atoms with van der Waals surface area (Å²) in [6.07, 6.45) is 0.447. The molecule has 4 nitrogen and oxygen atoms in total. The summed E-state index contributed by atoms with van der Waals surface area (Å²) in [5.74, 6) is 0.780. The zero-order chi connectivity index (χ0) is 12.9. The first kappa shape index (κ1) is 14.1. The van der Waals surface area contributed by atoms with Crippen LogP contribution in [0, 0.1) is 0 Å². The molecule has 0 fully saturated rings. The molecule has 0 aromatic heterocycles. The molecular weight excluding hydrogens is 262 g/mol. The van der Waals surface area contributed by atoms with E-state index in [-0.39, 0.29) is 11.5 Å². The van der Waals surface area contributed by atoms with Crippen LogP contribution in [0.1, 0.15) is 13.3 Å². The fraction of sp³-hybridized carbons (Fsp3) is 0.455. The lowest BCUT2D eigenvalue weighted by molar-refractivity contribution is 0.319. The van der Waals surface area contributed by atoms with Crippen molar-refractivity contribution in [1.82, 2.24) is 0 Å². The van der Waals surface area contributed by atoms with E-state index in [0.29, 0.717) is 29.5 Å². The number of sulfone groups is 1. The van der Waals surface area contributed by atoms with Gasteiger partial charge in [0.05, 0.1) is 18.0 Å². The monoisotopic (exact) mass is 277 g/mol. The summed E-state index contributed by atoms with van der Waals surface area (Å²) in [7, 11) is -2.93. The molecule has 0 aliphatic heterocycles. The Balaban J connectivity index is 2.44. The van der Waals surface area contributed by atoms with E-state index in [1.165, 1.54) is 0 Å². The van der Waals surface area contributed by atoms with E-state index >= 15 is 0 Å². The maximum absolute atomic E-state index is 11.2. The second-order valence-corrected chi connectivity index (χ2v) is 6.53. The van der Waals surface area contributed by atoms with E-state index < -0.39 is 9.84 Å². The van der Waals surface area contributed by atoms with Gasteiger partial charge in [-0.05, 0) is 18.6 Å². The van der Waals surface area contributed by atoms with Crippen molar-refractivity contribution >= 4 is 27.1 Å². The molecule has 0 unspecified atom stereocenters. The van der Waals surface area contributed by atoms with Crippen LogP contribution in [0.4, 0.5) is 5.69 Å². The molecule has 0 saturated heterocycles. The molecule has 0 saturated carbocycles. The molecule has 0 bridgehead atoms. The minimum atomic E-state index is -2.93. The number of nitrogen functional groups attached to an aromatic ring is 1. The van der Waals surface area contributed by atoms with Crippen LogP contribution in [0.2, 0.25) is 5.02 Å². The third-order valence-electron chi connectivity index (χ3n) is 2.27. The number of rotatable bonds is 6. The number of halogens is 1. The van der Waals surface area contributed by atoms with Gasteiger partial charge in [0.1, 0.15) is 15.6 Å². The van der Waals surface area contributed by atoms with E-state index in [1.807, 2.05) is 0 Å². The molecule has 0 spiro atoms. The predicted molar refractivity (Wildman–Crippen MR) is 70.3 cm³/mol. The van der Waals surface area contributed by atoms with Crippen molar-refractivity contribution in [2.24, 2.45) is 0 Å². The van der Waals surface area contributed by atoms with Crippen molar-refractivity contribution in [3.8, 4) is 5.75 Å². The number of benzene rings is 1. The molecule has 0 amide bonds. The van der Waals surface area contributed by atoms with E-state index in [9.17, 15) is 8.42 Å². The molecule has 1 aromatic rings. The Hall–Kier alpha value is -0.940. The van der Waals surface area contributed by atoms with Crippen molar-refractivity contribution in [3.63, 3.8) is 0 Å². The van der Waals surface area contributed by atoms with E-state index in [0.717, 1.165) is 0 Å². The first-order chi connectivity index (χ1) is 7.94. The van der Waals surface area contributed by atoms with Crippen LogP contribution in [-0.4, -0.2) is 26.5 Å². The summed E-state index contributed by atoms with van der Waals surface area (Å²) < 4.78 is 27.8. The summed E-state index contributed by atoms with van der Waals surface area (Å²) in [5.41, 5.74) is 6.18. The number of hydrogen-bond acceptors (Lipinski definition) is 4. The summed E-state index contributed by atoms with van der Waals surface area (Å²) >= 11 is 5.79. The molecule has 0 heterocycles. The van der Waals surface area contributed by atoms with Gasteiger partial charge >= 0.3 is 0 Å². The lowest BCUT2D eigenvalue weighted by Gasteiger charge is -2.09. The summed E-state index contributed by atoms with van der Waals surface area (Å²) in [5, 5.41) is 0.537. The quantitative estimate of drug-likeness (QED) is 0.639.